The molecule has 3 heterocycles. The number of aldehydes is 1. The lowest BCUT2D eigenvalue weighted by Crippen LogP contribution is -2.22. The van der Waals surface area contributed by atoms with Crippen molar-refractivity contribution in [3.05, 3.63) is 82.3 Å². The van der Waals surface area contributed by atoms with Gasteiger partial charge in [0.05, 0.1) is 18.3 Å². The molecule has 7 nitrogen and oxygen atoms in total. The number of allylic oxidation sites excluding steroid dienone is 2. The third-order valence-corrected chi connectivity index (χ3v) is 6.08. The highest BCUT2D eigenvalue weighted by Crippen LogP contribution is 2.47. The van der Waals surface area contributed by atoms with E-state index in [1.54, 1.807) is 35.2 Å². The standard InChI is InChI=1S/C23H17BrFN5O2/c1-12(30-11-29-20-22(26)27-10-28-23(20)30)21-19(14-4-2-3-5-17(14)25)16(9-31)15-8-13(24)6-7-18(15)32-21/h2-12,16H,1H3,(H2,26,27,28). The molecule has 2 aromatic carbocycles. The van der Waals surface area contributed by atoms with Crippen LogP contribution >= 0.6 is 15.9 Å². The second-order valence-electron chi connectivity index (χ2n) is 7.41. The van der Waals surface area contributed by atoms with Gasteiger partial charge < -0.3 is 19.8 Å². The highest BCUT2D eigenvalue weighted by Gasteiger charge is 2.35. The first-order valence-electron chi connectivity index (χ1n) is 9.84. The van der Waals surface area contributed by atoms with Gasteiger partial charge in [0.15, 0.2) is 11.5 Å². The number of carbonyl (C=O) groups excluding carboxylic acids is 1. The van der Waals surface area contributed by atoms with Gasteiger partial charge in [-0.15, -0.1) is 0 Å². The maximum absolute atomic E-state index is 15.0. The van der Waals surface area contributed by atoms with Crippen LogP contribution in [0.5, 0.6) is 5.75 Å². The number of halogens is 2. The predicted molar refractivity (Wildman–Crippen MR) is 121 cm³/mol. The third-order valence-electron chi connectivity index (χ3n) is 5.59. The minimum Gasteiger partial charge on any atom is -0.459 e. The number of ether oxygens (including phenoxy) is 1. The summed E-state index contributed by atoms with van der Waals surface area (Å²) in [6.45, 7) is 1.88. The molecule has 1 aliphatic rings. The summed E-state index contributed by atoms with van der Waals surface area (Å²) in [7, 11) is 0. The van der Waals surface area contributed by atoms with Crippen molar-refractivity contribution >= 4 is 44.8 Å². The summed E-state index contributed by atoms with van der Waals surface area (Å²) in [4.78, 5) is 25.0. The summed E-state index contributed by atoms with van der Waals surface area (Å²) in [6, 6.07) is 11.3. The number of nitrogens with zero attached hydrogens (tertiary/aromatic N) is 4. The molecule has 0 saturated heterocycles. The van der Waals surface area contributed by atoms with Gasteiger partial charge in [0.1, 0.15) is 35.5 Å². The molecular weight excluding hydrogens is 477 g/mol. The second kappa shape index (κ2) is 7.83. The number of rotatable bonds is 4. The van der Waals surface area contributed by atoms with Crippen LogP contribution in [0.2, 0.25) is 0 Å². The Morgan fingerprint density at radius 2 is 2.03 bits per heavy atom. The second-order valence-corrected chi connectivity index (χ2v) is 8.33. The van der Waals surface area contributed by atoms with Crippen molar-refractivity contribution in [2.45, 2.75) is 18.9 Å². The van der Waals surface area contributed by atoms with Crippen LogP contribution in [0.3, 0.4) is 0 Å². The molecule has 32 heavy (non-hydrogen) atoms. The Morgan fingerprint density at radius 1 is 1.22 bits per heavy atom. The van der Waals surface area contributed by atoms with Crippen LogP contribution in [-0.2, 0) is 4.79 Å². The van der Waals surface area contributed by atoms with Crippen LogP contribution in [0.1, 0.15) is 30.0 Å². The Balaban J connectivity index is 1.77. The van der Waals surface area contributed by atoms with Crippen molar-refractivity contribution < 1.29 is 13.9 Å². The molecule has 0 radical (unpaired) electrons. The SMILES string of the molecule is CC(C1=C(c2ccccc2F)C(C=O)c2cc(Br)ccc2O1)n1cnc2c(N)ncnc21. The molecule has 0 spiro atoms. The number of aromatic nitrogens is 4. The Morgan fingerprint density at radius 3 is 2.81 bits per heavy atom. The van der Waals surface area contributed by atoms with E-state index in [9.17, 15) is 9.18 Å². The number of carbonyl (C=O) groups is 1. The summed E-state index contributed by atoms with van der Waals surface area (Å²) in [6.07, 6.45) is 3.76. The molecule has 1 aliphatic heterocycles. The van der Waals surface area contributed by atoms with Crippen LogP contribution in [-0.4, -0.2) is 25.8 Å². The first kappa shape index (κ1) is 20.3. The van der Waals surface area contributed by atoms with Gasteiger partial charge in [-0.2, -0.15) is 0 Å². The molecule has 0 saturated carbocycles. The molecule has 0 amide bonds. The fourth-order valence-electron chi connectivity index (χ4n) is 4.05. The number of fused-ring (bicyclic) bond motifs is 2. The monoisotopic (exact) mass is 493 g/mol. The summed E-state index contributed by atoms with van der Waals surface area (Å²) < 4.78 is 23.8. The van der Waals surface area contributed by atoms with E-state index in [-0.39, 0.29) is 5.82 Å². The highest BCUT2D eigenvalue weighted by molar-refractivity contribution is 9.10. The van der Waals surface area contributed by atoms with E-state index >= 15 is 0 Å². The molecule has 2 atom stereocenters. The predicted octanol–water partition coefficient (Wildman–Crippen LogP) is 4.66. The van der Waals surface area contributed by atoms with Crippen molar-refractivity contribution in [2.24, 2.45) is 0 Å². The first-order valence-corrected chi connectivity index (χ1v) is 10.6. The van der Waals surface area contributed by atoms with Crippen LogP contribution in [0.15, 0.2) is 65.4 Å². The zero-order chi connectivity index (χ0) is 22.4. The van der Waals surface area contributed by atoms with E-state index in [4.69, 9.17) is 10.5 Å². The Hall–Kier alpha value is -3.59. The number of hydrogen-bond donors (Lipinski definition) is 1. The Labute approximate surface area is 190 Å². The van der Waals surface area contributed by atoms with Gasteiger partial charge in [0.2, 0.25) is 0 Å². The quantitative estimate of drug-likeness (QED) is 0.415. The van der Waals surface area contributed by atoms with Gasteiger partial charge in [-0.05, 0) is 31.2 Å². The third kappa shape index (κ3) is 3.16. The van der Waals surface area contributed by atoms with E-state index in [2.05, 4.69) is 30.9 Å². The minimum atomic E-state index is -0.722. The molecule has 160 valence electrons. The topological polar surface area (TPSA) is 95.9 Å². The molecule has 5 rings (SSSR count). The van der Waals surface area contributed by atoms with E-state index < -0.39 is 17.8 Å². The molecule has 2 unspecified atom stereocenters. The van der Waals surface area contributed by atoms with Gasteiger partial charge in [-0.1, -0.05) is 34.1 Å². The lowest BCUT2D eigenvalue weighted by atomic mass is 9.83. The van der Waals surface area contributed by atoms with Crippen molar-refractivity contribution in [3.8, 4) is 5.75 Å². The smallest absolute Gasteiger partial charge is 0.166 e. The van der Waals surface area contributed by atoms with E-state index in [1.807, 2.05) is 19.1 Å². The van der Waals surface area contributed by atoms with E-state index in [0.717, 1.165) is 10.8 Å². The fraction of sp³-hybridized carbons (Fsp3) is 0.130. The first-order chi connectivity index (χ1) is 15.5. The summed E-state index contributed by atoms with van der Waals surface area (Å²) in [5, 5.41) is 0. The van der Waals surface area contributed by atoms with Crippen molar-refractivity contribution in [1.29, 1.82) is 0 Å². The number of hydrogen-bond acceptors (Lipinski definition) is 6. The molecule has 0 bridgehead atoms. The van der Waals surface area contributed by atoms with Gasteiger partial charge >= 0.3 is 0 Å². The van der Waals surface area contributed by atoms with Crippen molar-refractivity contribution in [1.82, 2.24) is 19.5 Å². The average molecular weight is 494 g/mol. The van der Waals surface area contributed by atoms with Gasteiger partial charge in [0, 0.05) is 21.2 Å². The van der Waals surface area contributed by atoms with Crippen LogP contribution in [0, 0.1) is 5.82 Å². The van der Waals surface area contributed by atoms with Crippen LogP contribution in [0.25, 0.3) is 16.7 Å². The maximum atomic E-state index is 15.0. The lowest BCUT2D eigenvalue weighted by molar-refractivity contribution is -0.108. The zero-order valence-corrected chi connectivity index (χ0v) is 18.5. The minimum absolute atomic E-state index is 0.259. The number of benzene rings is 2. The summed E-state index contributed by atoms with van der Waals surface area (Å²) >= 11 is 3.45. The Kier molecular flexibility index (Phi) is 4.97. The summed E-state index contributed by atoms with van der Waals surface area (Å²) in [5.74, 6) is 0.0577. The fourth-order valence-corrected chi connectivity index (χ4v) is 4.43. The molecule has 0 fully saturated rings. The van der Waals surface area contributed by atoms with Crippen LogP contribution in [0.4, 0.5) is 10.2 Å². The highest BCUT2D eigenvalue weighted by atomic mass is 79.9. The number of anilines is 1. The molecule has 2 N–H and O–H groups in total. The van der Waals surface area contributed by atoms with Crippen molar-refractivity contribution in [3.63, 3.8) is 0 Å². The summed E-state index contributed by atoms with van der Waals surface area (Å²) in [5.41, 5.74) is 8.32. The van der Waals surface area contributed by atoms with Gasteiger partial charge in [0.25, 0.3) is 0 Å². The Bertz CT molecular complexity index is 1400. The molecule has 9 heteroatoms. The zero-order valence-electron chi connectivity index (χ0n) is 16.9. The normalized spacial score (nSPS) is 16.5. The average Bonchev–Trinajstić information content (AvgIpc) is 3.23. The molecular formula is C23H17BrFN5O2. The van der Waals surface area contributed by atoms with Crippen molar-refractivity contribution in [2.75, 3.05) is 5.73 Å². The van der Waals surface area contributed by atoms with Gasteiger partial charge in [-0.3, -0.25) is 0 Å². The van der Waals surface area contributed by atoms with Gasteiger partial charge in [-0.25, -0.2) is 19.3 Å². The number of nitrogen functional groups attached to an aromatic ring is 1. The van der Waals surface area contributed by atoms with E-state index in [1.165, 1.54) is 12.4 Å². The molecule has 2 aromatic heterocycles. The molecule has 4 aromatic rings. The number of imidazole rings is 1. The molecule has 0 aliphatic carbocycles. The lowest BCUT2D eigenvalue weighted by Gasteiger charge is -2.31. The van der Waals surface area contributed by atoms with Crippen LogP contribution < -0.4 is 10.5 Å². The largest absolute Gasteiger partial charge is 0.459 e. The van der Waals surface area contributed by atoms with E-state index in [0.29, 0.717) is 39.4 Å². The number of nitrogens with two attached hydrogens (primary N) is 1. The maximum Gasteiger partial charge on any atom is 0.166 e.